The van der Waals surface area contributed by atoms with Gasteiger partial charge in [0.25, 0.3) is 0 Å². The average Bonchev–Trinajstić information content (AvgIpc) is 2.57. The SMILES string of the molecule is O=C(CCNc1ccc(Cl)c(C(F)(F)F)c1)NCCc1ccccc1F. The van der Waals surface area contributed by atoms with E-state index in [1.165, 1.54) is 12.1 Å². The van der Waals surface area contributed by atoms with E-state index >= 15 is 0 Å². The van der Waals surface area contributed by atoms with Gasteiger partial charge in [-0.2, -0.15) is 13.2 Å². The van der Waals surface area contributed by atoms with Crippen LogP contribution in [0.15, 0.2) is 42.5 Å². The van der Waals surface area contributed by atoms with Gasteiger partial charge in [0, 0.05) is 25.2 Å². The van der Waals surface area contributed by atoms with Gasteiger partial charge in [0.05, 0.1) is 10.6 Å². The first-order valence-corrected chi connectivity index (χ1v) is 8.26. The number of amides is 1. The van der Waals surface area contributed by atoms with Crippen LogP contribution >= 0.6 is 11.6 Å². The van der Waals surface area contributed by atoms with E-state index in [4.69, 9.17) is 11.6 Å². The fraction of sp³-hybridized carbons (Fsp3) is 0.278. The van der Waals surface area contributed by atoms with E-state index in [0.717, 1.165) is 12.1 Å². The highest BCUT2D eigenvalue weighted by Crippen LogP contribution is 2.36. The lowest BCUT2D eigenvalue weighted by atomic mass is 10.1. The Bertz CT molecular complexity index is 765. The number of rotatable bonds is 7. The fourth-order valence-electron chi connectivity index (χ4n) is 2.30. The second kappa shape index (κ2) is 8.89. The summed E-state index contributed by atoms with van der Waals surface area (Å²) in [5.74, 6) is -0.606. The number of carbonyl (C=O) groups excluding carboxylic acids is 1. The second-order valence-electron chi connectivity index (χ2n) is 5.56. The van der Waals surface area contributed by atoms with Gasteiger partial charge in [-0.25, -0.2) is 4.39 Å². The van der Waals surface area contributed by atoms with Crippen molar-refractivity contribution in [3.05, 3.63) is 64.4 Å². The molecule has 1 amide bonds. The number of carbonyl (C=O) groups is 1. The maximum atomic E-state index is 13.4. The summed E-state index contributed by atoms with van der Waals surface area (Å²) < 4.78 is 51.8. The van der Waals surface area contributed by atoms with Crippen molar-refractivity contribution in [1.29, 1.82) is 0 Å². The Balaban J connectivity index is 1.76. The number of hydrogen-bond acceptors (Lipinski definition) is 2. The molecule has 0 bridgehead atoms. The Morgan fingerprint density at radius 2 is 1.81 bits per heavy atom. The summed E-state index contributed by atoms with van der Waals surface area (Å²) in [6, 6.07) is 9.76. The second-order valence-corrected chi connectivity index (χ2v) is 5.97. The number of nitrogens with one attached hydrogen (secondary N) is 2. The van der Waals surface area contributed by atoms with Crippen LogP contribution in [-0.2, 0) is 17.4 Å². The van der Waals surface area contributed by atoms with Gasteiger partial charge in [0.2, 0.25) is 5.91 Å². The van der Waals surface area contributed by atoms with Crippen LogP contribution in [0.5, 0.6) is 0 Å². The van der Waals surface area contributed by atoms with E-state index in [-0.39, 0.29) is 41.9 Å². The molecule has 2 rings (SSSR count). The zero-order valence-electron chi connectivity index (χ0n) is 13.7. The molecule has 0 fully saturated rings. The third-order valence-corrected chi connectivity index (χ3v) is 3.96. The minimum Gasteiger partial charge on any atom is -0.385 e. The molecular formula is C18H17ClF4N2O. The molecule has 0 aromatic heterocycles. The average molecular weight is 389 g/mol. The number of alkyl halides is 3. The van der Waals surface area contributed by atoms with E-state index in [2.05, 4.69) is 10.6 Å². The van der Waals surface area contributed by atoms with Gasteiger partial charge >= 0.3 is 6.18 Å². The van der Waals surface area contributed by atoms with Crippen LogP contribution < -0.4 is 10.6 Å². The molecule has 0 saturated carbocycles. The van der Waals surface area contributed by atoms with E-state index < -0.39 is 11.7 Å². The van der Waals surface area contributed by atoms with Crippen LogP contribution in [0.4, 0.5) is 23.2 Å². The normalized spacial score (nSPS) is 11.3. The Labute approximate surface area is 153 Å². The summed E-state index contributed by atoms with van der Waals surface area (Å²) in [5.41, 5.74) is -0.203. The molecule has 2 N–H and O–H groups in total. The molecule has 0 heterocycles. The topological polar surface area (TPSA) is 41.1 Å². The van der Waals surface area contributed by atoms with Crippen molar-refractivity contribution in [3.8, 4) is 0 Å². The van der Waals surface area contributed by atoms with Crippen LogP contribution in [0.1, 0.15) is 17.5 Å². The van der Waals surface area contributed by atoms with Crippen molar-refractivity contribution in [2.45, 2.75) is 19.0 Å². The van der Waals surface area contributed by atoms with E-state index in [1.807, 2.05) is 0 Å². The first kappa shape index (κ1) is 20.0. The summed E-state index contributed by atoms with van der Waals surface area (Å²) in [7, 11) is 0. The van der Waals surface area contributed by atoms with Gasteiger partial charge in [0.1, 0.15) is 5.82 Å². The minimum absolute atomic E-state index is 0.0707. The van der Waals surface area contributed by atoms with Crippen LogP contribution in [0.2, 0.25) is 5.02 Å². The lowest BCUT2D eigenvalue weighted by Gasteiger charge is -2.12. The highest BCUT2D eigenvalue weighted by atomic mass is 35.5. The van der Waals surface area contributed by atoms with Crippen LogP contribution in [0.3, 0.4) is 0 Å². The van der Waals surface area contributed by atoms with Gasteiger partial charge in [-0.05, 0) is 36.2 Å². The van der Waals surface area contributed by atoms with Crippen molar-refractivity contribution in [2.75, 3.05) is 18.4 Å². The number of halogens is 5. The van der Waals surface area contributed by atoms with Gasteiger partial charge in [0.15, 0.2) is 0 Å². The Morgan fingerprint density at radius 3 is 2.50 bits per heavy atom. The molecule has 140 valence electrons. The summed E-state index contributed by atoms with van der Waals surface area (Å²) in [6.07, 6.45) is -4.11. The molecular weight excluding hydrogens is 372 g/mol. The molecule has 2 aromatic carbocycles. The van der Waals surface area contributed by atoms with E-state index in [9.17, 15) is 22.4 Å². The highest BCUT2D eigenvalue weighted by Gasteiger charge is 2.33. The minimum atomic E-state index is -4.54. The van der Waals surface area contributed by atoms with Crippen molar-refractivity contribution in [2.24, 2.45) is 0 Å². The first-order valence-electron chi connectivity index (χ1n) is 7.88. The van der Waals surface area contributed by atoms with Crippen LogP contribution in [0.25, 0.3) is 0 Å². The smallest absolute Gasteiger partial charge is 0.385 e. The van der Waals surface area contributed by atoms with Crippen molar-refractivity contribution in [3.63, 3.8) is 0 Å². The van der Waals surface area contributed by atoms with E-state index in [0.29, 0.717) is 12.0 Å². The highest BCUT2D eigenvalue weighted by molar-refractivity contribution is 6.31. The summed E-state index contributed by atoms with van der Waals surface area (Å²) >= 11 is 5.55. The number of benzene rings is 2. The standard InChI is InChI=1S/C18H17ClF4N2O/c19-15-6-5-13(11-14(15)18(21,22)23)24-10-8-17(26)25-9-7-12-3-1-2-4-16(12)20/h1-6,11,24H,7-10H2,(H,25,26). The molecule has 3 nitrogen and oxygen atoms in total. The van der Waals surface area contributed by atoms with Gasteiger partial charge < -0.3 is 10.6 Å². The summed E-state index contributed by atoms with van der Waals surface area (Å²) in [6.45, 7) is 0.434. The Kier molecular flexibility index (Phi) is 6.85. The lowest BCUT2D eigenvalue weighted by molar-refractivity contribution is -0.137. The molecule has 0 radical (unpaired) electrons. The maximum Gasteiger partial charge on any atom is 0.417 e. The molecule has 0 spiro atoms. The molecule has 0 unspecified atom stereocenters. The molecule has 2 aromatic rings. The van der Waals surface area contributed by atoms with Crippen molar-refractivity contribution < 1.29 is 22.4 Å². The third-order valence-electron chi connectivity index (χ3n) is 3.63. The largest absolute Gasteiger partial charge is 0.417 e. The van der Waals surface area contributed by atoms with Crippen molar-refractivity contribution >= 4 is 23.2 Å². The van der Waals surface area contributed by atoms with Gasteiger partial charge in [-0.3, -0.25) is 4.79 Å². The zero-order chi connectivity index (χ0) is 19.2. The van der Waals surface area contributed by atoms with Crippen LogP contribution in [0, 0.1) is 5.82 Å². The van der Waals surface area contributed by atoms with Crippen molar-refractivity contribution in [1.82, 2.24) is 5.32 Å². The quantitative estimate of drug-likeness (QED) is 0.677. The predicted octanol–water partition coefficient (Wildman–Crippen LogP) is 4.66. The van der Waals surface area contributed by atoms with Gasteiger partial charge in [-0.1, -0.05) is 29.8 Å². The maximum absolute atomic E-state index is 13.4. The molecule has 0 atom stereocenters. The third kappa shape index (κ3) is 5.91. The predicted molar refractivity (Wildman–Crippen MR) is 92.7 cm³/mol. The zero-order valence-corrected chi connectivity index (χ0v) is 14.4. The molecule has 0 saturated heterocycles. The monoisotopic (exact) mass is 388 g/mol. The number of anilines is 1. The summed E-state index contributed by atoms with van der Waals surface area (Å²) in [5, 5.41) is 5.02. The molecule has 26 heavy (non-hydrogen) atoms. The van der Waals surface area contributed by atoms with Crippen LogP contribution in [-0.4, -0.2) is 19.0 Å². The fourth-order valence-corrected chi connectivity index (χ4v) is 2.52. The van der Waals surface area contributed by atoms with E-state index in [1.54, 1.807) is 18.2 Å². The molecule has 8 heteroatoms. The molecule has 0 aliphatic heterocycles. The molecule has 0 aliphatic carbocycles. The summed E-state index contributed by atoms with van der Waals surface area (Å²) in [4.78, 5) is 11.7. The Morgan fingerprint density at radius 1 is 1.08 bits per heavy atom. The first-order chi connectivity index (χ1) is 12.3. The van der Waals surface area contributed by atoms with Gasteiger partial charge in [-0.15, -0.1) is 0 Å². The lowest BCUT2D eigenvalue weighted by Crippen LogP contribution is -2.27. The number of hydrogen-bond donors (Lipinski definition) is 2. The molecule has 0 aliphatic rings. The Hall–Kier alpha value is -2.28.